The van der Waals surface area contributed by atoms with E-state index in [1.165, 1.54) is 31.9 Å². The van der Waals surface area contributed by atoms with Crippen LogP contribution in [-0.4, -0.2) is 67.2 Å². The Hall–Kier alpha value is -1.16. The maximum atomic E-state index is 14.0. The van der Waals surface area contributed by atoms with E-state index in [4.69, 9.17) is 4.99 Å². The Labute approximate surface area is 185 Å². The van der Waals surface area contributed by atoms with Gasteiger partial charge in [0.1, 0.15) is 0 Å². The molecule has 2 atom stereocenters. The van der Waals surface area contributed by atoms with E-state index in [0.29, 0.717) is 11.9 Å². The minimum absolute atomic E-state index is 0. The number of aromatic nitrogens is 1. The van der Waals surface area contributed by atoms with Crippen LogP contribution in [0.3, 0.4) is 0 Å². The maximum absolute atomic E-state index is 14.0. The van der Waals surface area contributed by atoms with Crippen LogP contribution in [0.2, 0.25) is 0 Å². The predicted molar refractivity (Wildman–Crippen MR) is 124 cm³/mol. The molecule has 2 aliphatic rings. The van der Waals surface area contributed by atoms with Crippen molar-refractivity contribution in [3.05, 3.63) is 24.1 Å². The van der Waals surface area contributed by atoms with Gasteiger partial charge in [0.25, 0.3) is 0 Å². The highest BCUT2D eigenvalue weighted by atomic mass is 127. The Balaban J connectivity index is 0.00000280. The smallest absolute Gasteiger partial charge is 0.191 e. The number of piperidine rings is 1. The van der Waals surface area contributed by atoms with E-state index in [1.54, 1.807) is 12.3 Å². The molecule has 6 nitrogen and oxygen atoms in total. The molecular weight excluding hydrogens is 470 g/mol. The fraction of sp³-hybridized carbons (Fsp3) is 0.700. The second kappa shape index (κ2) is 11.7. The van der Waals surface area contributed by atoms with Crippen molar-refractivity contribution in [1.82, 2.24) is 20.5 Å². The number of nitrogens with zero attached hydrogens (tertiary/aromatic N) is 4. The molecule has 0 radical (unpaired) electrons. The average molecular weight is 504 g/mol. The molecule has 1 aromatic heterocycles. The van der Waals surface area contributed by atoms with Crippen LogP contribution in [0.5, 0.6) is 0 Å². The third-order valence-corrected chi connectivity index (χ3v) is 5.53. The van der Waals surface area contributed by atoms with Crippen LogP contribution in [0.4, 0.5) is 10.2 Å². The van der Waals surface area contributed by atoms with Gasteiger partial charge < -0.3 is 15.5 Å². The summed E-state index contributed by atoms with van der Waals surface area (Å²) in [6.07, 6.45) is 6.43. The van der Waals surface area contributed by atoms with Crippen molar-refractivity contribution in [3.8, 4) is 0 Å². The number of aliphatic imine (C=N–C) groups is 1. The average Bonchev–Trinajstić information content (AvgIpc) is 3.15. The van der Waals surface area contributed by atoms with Gasteiger partial charge in [-0.15, -0.1) is 24.0 Å². The number of rotatable bonds is 6. The van der Waals surface area contributed by atoms with Crippen molar-refractivity contribution in [1.29, 1.82) is 0 Å². The third kappa shape index (κ3) is 6.17. The maximum Gasteiger partial charge on any atom is 0.191 e. The highest BCUT2D eigenvalue weighted by Crippen LogP contribution is 2.21. The van der Waals surface area contributed by atoms with Crippen LogP contribution in [0.1, 0.15) is 39.5 Å². The summed E-state index contributed by atoms with van der Waals surface area (Å²) in [4.78, 5) is 13.6. The zero-order valence-electron chi connectivity index (χ0n) is 17.0. The molecule has 3 rings (SSSR count). The molecule has 3 heterocycles. The number of likely N-dealkylation sites (N-methyl/N-ethyl adjacent to an activating group) is 1. The second-order valence-corrected chi connectivity index (χ2v) is 7.38. The molecule has 2 N–H and O–H groups in total. The van der Waals surface area contributed by atoms with Gasteiger partial charge in [0.2, 0.25) is 0 Å². The summed E-state index contributed by atoms with van der Waals surface area (Å²) in [6, 6.07) is 3.89. The fourth-order valence-corrected chi connectivity index (χ4v) is 4.07. The Kier molecular flexibility index (Phi) is 9.70. The quantitative estimate of drug-likeness (QED) is 0.355. The van der Waals surface area contributed by atoms with Crippen molar-refractivity contribution >= 4 is 35.8 Å². The largest absolute Gasteiger partial charge is 0.357 e. The van der Waals surface area contributed by atoms with Crippen LogP contribution < -0.4 is 15.5 Å². The Morgan fingerprint density at radius 1 is 1.29 bits per heavy atom. The first-order chi connectivity index (χ1) is 13.2. The first-order valence-electron chi connectivity index (χ1n) is 10.4. The SMILES string of the molecule is CCNC(=NCC1CCCCN1CC)NC1CCN(c2ncccc2F)C1.I. The van der Waals surface area contributed by atoms with Crippen LogP contribution in [-0.2, 0) is 0 Å². The minimum Gasteiger partial charge on any atom is -0.357 e. The van der Waals surface area contributed by atoms with Crippen molar-refractivity contribution in [3.63, 3.8) is 0 Å². The summed E-state index contributed by atoms with van der Waals surface area (Å²) >= 11 is 0. The Morgan fingerprint density at radius 3 is 2.89 bits per heavy atom. The van der Waals surface area contributed by atoms with Gasteiger partial charge in [0.05, 0.1) is 6.54 Å². The molecule has 0 amide bonds. The highest BCUT2D eigenvalue weighted by molar-refractivity contribution is 14.0. The topological polar surface area (TPSA) is 55.8 Å². The van der Waals surface area contributed by atoms with E-state index in [2.05, 4.69) is 34.4 Å². The summed E-state index contributed by atoms with van der Waals surface area (Å²) in [5.41, 5.74) is 0. The Bertz CT molecular complexity index is 628. The first kappa shape index (κ1) is 23.1. The molecule has 2 fully saturated rings. The summed E-state index contributed by atoms with van der Waals surface area (Å²) in [7, 11) is 0. The number of guanidine groups is 1. The molecule has 0 aliphatic carbocycles. The van der Waals surface area contributed by atoms with Gasteiger partial charge in [-0.05, 0) is 51.4 Å². The third-order valence-electron chi connectivity index (χ3n) is 5.53. The van der Waals surface area contributed by atoms with Gasteiger partial charge in [0.15, 0.2) is 17.6 Å². The number of hydrogen-bond donors (Lipinski definition) is 2. The zero-order valence-corrected chi connectivity index (χ0v) is 19.4. The predicted octanol–water partition coefficient (Wildman–Crippen LogP) is 2.85. The molecule has 28 heavy (non-hydrogen) atoms. The van der Waals surface area contributed by atoms with E-state index in [-0.39, 0.29) is 35.8 Å². The van der Waals surface area contributed by atoms with Crippen LogP contribution in [0.25, 0.3) is 0 Å². The lowest BCUT2D eigenvalue weighted by Gasteiger charge is -2.34. The molecule has 0 bridgehead atoms. The van der Waals surface area contributed by atoms with Crippen molar-refractivity contribution < 1.29 is 4.39 Å². The second-order valence-electron chi connectivity index (χ2n) is 7.38. The number of pyridine rings is 1. The zero-order chi connectivity index (χ0) is 19.1. The Morgan fingerprint density at radius 2 is 2.14 bits per heavy atom. The summed E-state index contributed by atoms with van der Waals surface area (Å²) in [6.45, 7) is 9.80. The standard InChI is InChI=1S/C20H33FN6.HI/c1-3-22-20(24-14-17-8-5-6-12-26(17)4-2)25-16-10-13-27(15-16)19-18(21)9-7-11-23-19;/h7,9,11,16-17H,3-6,8,10,12-15H2,1-2H3,(H2,22,24,25);1H. The normalized spacial score (nSPS) is 23.4. The highest BCUT2D eigenvalue weighted by Gasteiger charge is 2.26. The van der Waals surface area contributed by atoms with Crippen LogP contribution >= 0.6 is 24.0 Å². The van der Waals surface area contributed by atoms with Gasteiger partial charge in [0, 0.05) is 37.9 Å². The first-order valence-corrected chi connectivity index (χ1v) is 10.4. The van der Waals surface area contributed by atoms with E-state index in [0.717, 1.165) is 45.1 Å². The molecule has 158 valence electrons. The summed E-state index contributed by atoms with van der Waals surface area (Å²) in [5.74, 6) is 1.06. The number of likely N-dealkylation sites (tertiary alicyclic amines) is 1. The van der Waals surface area contributed by atoms with Crippen molar-refractivity contribution in [2.75, 3.05) is 44.2 Å². The van der Waals surface area contributed by atoms with Gasteiger partial charge in [-0.25, -0.2) is 9.37 Å². The van der Waals surface area contributed by atoms with Gasteiger partial charge in [-0.3, -0.25) is 9.89 Å². The van der Waals surface area contributed by atoms with Crippen LogP contribution in [0, 0.1) is 5.82 Å². The number of anilines is 1. The lowest BCUT2D eigenvalue weighted by Crippen LogP contribution is -2.46. The van der Waals surface area contributed by atoms with E-state index < -0.39 is 0 Å². The van der Waals surface area contributed by atoms with Crippen molar-refractivity contribution in [2.24, 2.45) is 4.99 Å². The van der Waals surface area contributed by atoms with E-state index in [9.17, 15) is 4.39 Å². The van der Waals surface area contributed by atoms with Gasteiger partial charge in [-0.2, -0.15) is 0 Å². The molecule has 8 heteroatoms. The van der Waals surface area contributed by atoms with Gasteiger partial charge >= 0.3 is 0 Å². The lowest BCUT2D eigenvalue weighted by molar-refractivity contribution is 0.161. The van der Waals surface area contributed by atoms with E-state index in [1.807, 2.05) is 4.90 Å². The summed E-state index contributed by atoms with van der Waals surface area (Å²) < 4.78 is 14.0. The number of hydrogen-bond acceptors (Lipinski definition) is 4. The number of nitrogens with one attached hydrogen (secondary N) is 2. The molecule has 2 unspecified atom stereocenters. The van der Waals surface area contributed by atoms with Gasteiger partial charge in [-0.1, -0.05) is 13.3 Å². The molecule has 0 spiro atoms. The molecule has 1 aromatic rings. The van der Waals surface area contributed by atoms with E-state index >= 15 is 0 Å². The summed E-state index contributed by atoms with van der Waals surface area (Å²) in [5, 5.41) is 6.90. The molecule has 2 aliphatic heterocycles. The van der Waals surface area contributed by atoms with Crippen LogP contribution in [0.15, 0.2) is 23.3 Å². The monoisotopic (exact) mass is 504 g/mol. The number of halogens is 2. The molecule has 0 saturated carbocycles. The molecule has 2 saturated heterocycles. The minimum atomic E-state index is -0.254. The van der Waals surface area contributed by atoms with Crippen molar-refractivity contribution in [2.45, 2.75) is 51.6 Å². The lowest BCUT2D eigenvalue weighted by atomic mass is 10.0. The fourth-order valence-electron chi connectivity index (χ4n) is 4.07. The molecule has 0 aromatic carbocycles. The molecular formula is C20H34FIN6.